The Balaban J connectivity index is 2.16. The van der Waals surface area contributed by atoms with Gasteiger partial charge >= 0.3 is 0 Å². The second kappa shape index (κ2) is 6.98. The Morgan fingerprint density at radius 2 is 1.64 bits per heavy atom. The van der Waals surface area contributed by atoms with Gasteiger partial charge in [-0.1, -0.05) is 24.3 Å². The Labute approximate surface area is 131 Å². The second-order valence-electron chi connectivity index (χ2n) is 5.17. The lowest BCUT2D eigenvalue weighted by atomic mass is 10.1. The van der Waals surface area contributed by atoms with Crippen molar-refractivity contribution >= 4 is 11.6 Å². The zero-order valence-corrected chi connectivity index (χ0v) is 13.4. The van der Waals surface area contributed by atoms with E-state index in [0.29, 0.717) is 17.9 Å². The first kappa shape index (κ1) is 15.9. The molecule has 0 spiro atoms. The van der Waals surface area contributed by atoms with Gasteiger partial charge in [-0.15, -0.1) is 0 Å². The fraction of sp³-hybridized carbons (Fsp3) is 0.278. The minimum absolute atomic E-state index is 0.0513. The predicted octanol–water partition coefficient (Wildman–Crippen LogP) is 3.50. The van der Waals surface area contributed by atoms with E-state index in [1.54, 1.807) is 20.3 Å². The van der Waals surface area contributed by atoms with Crippen LogP contribution in [0.1, 0.15) is 16.7 Å². The highest BCUT2D eigenvalue weighted by atomic mass is 16.5. The average Bonchev–Trinajstić information content (AvgIpc) is 2.51. The monoisotopic (exact) mass is 299 g/mol. The van der Waals surface area contributed by atoms with E-state index in [0.717, 1.165) is 22.4 Å². The molecule has 1 amide bonds. The average molecular weight is 299 g/mol. The van der Waals surface area contributed by atoms with Gasteiger partial charge in [-0.25, -0.2) is 0 Å². The fourth-order valence-corrected chi connectivity index (χ4v) is 2.29. The summed E-state index contributed by atoms with van der Waals surface area (Å²) in [5.41, 5.74) is 3.80. The van der Waals surface area contributed by atoms with Gasteiger partial charge in [0.25, 0.3) is 0 Å². The van der Waals surface area contributed by atoms with E-state index in [4.69, 9.17) is 9.47 Å². The number of nitrogens with one attached hydrogen (secondary N) is 1. The van der Waals surface area contributed by atoms with Gasteiger partial charge in [0.2, 0.25) is 5.91 Å². The Morgan fingerprint density at radius 1 is 1.00 bits per heavy atom. The zero-order chi connectivity index (χ0) is 16.1. The summed E-state index contributed by atoms with van der Waals surface area (Å²) in [5.74, 6) is 1.20. The van der Waals surface area contributed by atoms with E-state index < -0.39 is 0 Å². The van der Waals surface area contributed by atoms with Crippen molar-refractivity contribution in [3.05, 3.63) is 53.1 Å². The number of carbonyl (C=O) groups is 1. The number of amides is 1. The summed E-state index contributed by atoms with van der Waals surface area (Å²) in [6.07, 6.45) is 0.348. The summed E-state index contributed by atoms with van der Waals surface area (Å²) in [4.78, 5) is 12.3. The molecule has 4 nitrogen and oxygen atoms in total. The molecule has 22 heavy (non-hydrogen) atoms. The maximum Gasteiger partial charge on any atom is 0.228 e. The van der Waals surface area contributed by atoms with Gasteiger partial charge in [-0.05, 0) is 36.6 Å². The lowest BCUT2D eigenvalue weighted by molar-refractivity contribution is -0.115. The highest BCUT2D eigenvalue weighted by Crippen LogP contribution is 2.32. The third kappa shape index (κ3) is 3.58. The van der Waals surface area contributed by atoms with Gasteiger partial charge in [0.05, 0.1) is 20.6 Å². The summed E-state index contributed by atoms with van der Waals surface area (Å²) in [7, 11) is 3.17. The van der Waals surface area contributed by atoms with Crippen LogP contribution in [0, 0.1) is 13.8 Å². The van der Waals surface area contributed by atoms with Crippen molar-refractivity contribution in [3.63, 3.8) is 0 Å². The molecule has 0 atom stereocenters. The van der Waals surface area contributed by atoms with Crippen molar-refractivity contribution in [2.45, 2.75) is 20.3 Å². The number of aryl methyl sites for hydroxylation is 2. The Hall–Kier alpha value is -2.49. The molecule has 116 valence electrons. The lowest BCUT2D eigenvalue weighted by Crippen LogP contribution is -2.16. The van der Waals surface area contributed by atoms with E-state index >= 15 is 0 Å². The minimum Gasteiger partial charge on any atom is -0.493 e. The standard InChI is InChI=1S/C18H21NO3/c1-12-7-5-6-8-14(12)10-18(20)19-15-11-17(22-4)16(21-3)9-13(15)2/h5-9,11H,10H2,1-4H3,(H,19,20). The van der Waals surface area contributed by atoms with Gasteiger partial charge in [0.15, 0.2) is 11.5 Å². The van der Waals surface area contributed by atoms with Gasteiger partial charge in [0.1, 0.15) is 0 Å². The molecule has 1 N–H and O–H groups in total. The molecule has 2 aromatic rings. The van der Waals surface area contributed by atoms with E-state index in [-0.39, 0.29) is 5.91 Å². The third-order valence-corrected chi connectivity index (χ3v) is 3.62. The molecule has 0 fully saturated rings. The first-order chi connectivity index (χ1) is 10.5. The number of rotatable bonds is 5. The van der Waals surface area contributed by atoms with Crippen LogP contribution < -0.4 is 14.8 Å². The molecule has 2 rings (SSSR count). The van der Waals surface area contributed by atoms with Crippen LogP contribution >= 0.6 is 0 Å². The molecule has 0 saturated carbocycles. The first-order valence-electron chi connectivity index (χ1n) is 7.12. The molecular formula is C18H21NO3. The van der Waals surface area contributed by atoms with Gasteiger partial charge in [-0.2, -0.15) is 0 Å². The number of hydrogen-bond donors (Lipinski definition) is 1. The first-order valence-corrected chi connectivity index (χ1v) is 7.12. The van der Waals surface area contributed by atoms with Crippen molar-refractivity contribution in [1.29, 1.82) is 0 Å². The summed E-state index contributed by atoms with van der Waals surface area (Å²) in [5, 5.41) is 2.94. The Kier molecular flexibility index (Phi) is 5.04. The molecule has 0 aromatic heterocycles. The van der Waals surface area contributed by atoms with Crippen LogP contribution in [0.5, 0.6) is 11.5 Å². The molecule has 2 aromatic carbocycles. The number of methoxy groups -OCH3 is 2. The van der Waals surface area contributed by atoms with Crippen LogP contribution in [0.15, 0.2) is 36.4 Å². The molecule has 0 radical (unpaired) electrons. The molecular weight excluding hydrogens is 278 g/mol. The normalized spacial score (nSPS) is 10.2. The third-order valence-electron chi connectivity index (χ3n) is 3.62. The Morgan fingerprint density at radius 3 is 2.27 bits per heavy atom. The smallest absolute Gasteiger partial charge is 0.228 e. The van der Waals surface area contributed by atoms with Crippen molar-refractivity contribution < 1.29 is 14.3 Å². The summed E-state index contributed by atoms with van der Waals surface area (Å²) < 4.78 is 10.5. The largest absolute Gasteiger partial charge is 0.493 e. The zero-order valence-electron chi connectivity index (χ0n) is 13.4. The molecule has 0 aliphatic rings. The maximum atomic E-state index is 12.3. The summed E-state index contributed by atoms with van der Waals surface area (Å²) >= 11 is 0. The predicted molar refractivity (Wildman–Crippen MR) is 87.8 cm³/mol. The van der Waals surface area contributed by atoms with Crippen molar-refractivity contribution in [3.8, 4) is 11.5 Å². The fourth-order valence-electron chi connectivity index (χ4n) is 2.29. The molecule has 0 aliphatic heterocycles. The highest BCUT2D eigenvalue weighted by Gasteiger charge is 2.12. The van der Waals surface area contributed by atoms with Crippen molar-refractivity contribution in [1.82, 2.24) is 0 Å². The van der Waals surface area contributed by atoms with Crippen LogP contribution in [-0.2, 0) is 11.2 Å². The van der Waals surface area contributed by atoms with Crippen molar-refractivity contribution in [2.24, 2.45) is 0 Å². The van der Waals surface area contributed by atoms with Crippen LogP contribution in [0.25, 0.3) is 0 Å². The summed E-state index contributed by atoms with van der Waals surface area (Å²) in [6.45, 7) is 3.93. The van der Waals surface area contributed by atoms with E-state index in [1.165, 1.54) is 0 Å². The maximum absolute atomic E-state index is 12.3. The lowest BCUT2D eigenvalue weighted by Gasteiger charge is -2.14. The van der Waals surface area contributed by atoms with Crippen LogP contribution in [-0.4, -0.2) is 20.1 Å². The summed E-state index contributed by atoms with van der Waals surface area (Å²) in [6, 6.07) is 11.5. The van der Waals surface area contributed by atoms with Gasteiger partial charge in [0, 0.05) is 11.8 Å². The number of ether oxygens (including phenoxy) is 2. The van der Waals surface area contributed by atoms with E-state index in [1.807, 2.05) is 44.2 Å². The van der Waals surface area contributed by atoms with Gasteiger partial charge in [-0.3, -0.25) is 4.79 Å². The van der Waals surface area contributed by atoms with E-state index in [9.17, 15) is 4.79 Å². The molecule has 0 bridgehead atoms. The number of carbonyl (C=O) groups excluding carboxylic acids is 1. The number of anilines is 1. The van der Waals surface area contributed by atoms with E-state index in [2.05, 4.69) is 5.32 Å². The van der Waals surface area contributed by atoms with Crippen LogP contribution in [0.4, 0.5) is 5.69 Å². The van der Waals surface area contributed by atoms with Crippen molar-refractivity contribution in [2.75, 3.05) is 19.5 Å². The quantitative estimate of drug-likeness (QED) is 0.919. The Bertz CT molecular complexity index is 680. The number of hydrogen-bond acceptors (Lipinski definition) is 3. The molecule has 0 aliphatic carbocycles. The number of benzene rings is 2. The minimum atomic E-state index is -0.0513. The molecule has 0 saturated heterocycles. The van der Waals surface area contributed by atoms with Crippen LogP contribution in [0.2, 0.25) is 0 Å². The van der Waals surface area contributed by atoms with Gasteiger partial charge < -0.3 is 14.8 Å². The molecule has 0 heterocycles. The topological polar surface area (TPSA) is 47.6 Å². The van der Waals surface area contributed by atoms with Crippen LogP contribution in [0.3, 0.4) is 0 Å². The highest BCUT2D eigenvalue weighted by molar-refractivity contribution is 5.93. The SMILES string of the molecule is COc1cc(C)c(NC(=O)Cc2ccccc2C)cc1OC. The molecule has 0 unspecified atom stereocenters. The second-order valence-corrected chi connectivity index (χ2v) is 5.17. The molecule has 4 heteroatoms.